The van der Waals surface area contributed by atoms with Crippen LogP contribution in [-0.2, 0) is 13.0 Å². The highest BCUT2D eigenvalue weighted by Gasteiger charge is 2.28. The van der Waals surface area contributed by atoms with Gasteiger partial charge in [0.05, 0.1) is 0 Å². The van der Waals surface area contributed by atoms with Gasteiger partial charge in [-0.05, 0) is 37.8 Å². The van der Waals surface area contributed by atoms with E-state index in [1.54, 1.807) is 0 Å². The first-order valence-electron chi connectivity index (χ1n) is 8.61. The van der Waals surface area contributed by atoms with Gasteiger partial charge in [-0.1, -0.05) is 24.1 Å². The lowest BCUT2D eigenvalue weighted by Crippen LogP contribution is -2.36. The van der Waals surface area contributed by atoms with Crippen molar-refractivity contribution < 1.29 is 0 Å². The number of pyridine rings is 1. The van der Waals surface area contributed by atoms with Crippen molar-refractivity contribution >= 4 is 17.4 Å². The van der Waals surface area contributed by atoms with Crippen molar-refractivity contribution in [3.05, 3.63) is 35.0 Å². The molecule has 0 radical (unpaired) electrons. The van der Waals surface area contributed by atoms with Crippen molar-refractivity contribution in [2.45, 2.75) is 51.0 Å². The number of rotatable bonds is 2. The normalized spacial score (nSPS) is 21.8. The number of hydrogen-bond acceptors (Lipinski definition) is 4. The smallest absolute Gasteiger partial charge is 0.137 e. The van der Waals surface area contributed by atoms with Crippen LogP contribution in [0.15, 0.2) is 18.2 Å². The number of aryl methyl sites for hydroxylation is 1. The van der Waals surface area contributed by atoms with E-state index in [1.165, 1.54) is 37.3 Å². The van der Waals surface area contributed by atoms with Crippen LogP contribution in [0, 0.1) is 0 Å². The molecule has 2 aromatic rings. The maximum Gasteiger partial charge on any atom is 0.137 e. The predicted octanol–water partition coefficient (Wildman–Crippen LogP) is 3.44. The third-order valence-corrected chi connectivity index (χ3v) is 5.16. The molecule has 1 unspecified atom stereocenters. The van der Waals surface area contributed by atoms with Crippen LogP contribution >= 0.6 is 11.6 Å². The summed E-state index contributed by atoms with van der Waals surface area (Å²) in [5.41, 5.74) is 0. The molecule has 122 valence electrons. The lowest BCUT2D eigenvalue weighted by atomic mass is 9.97. The number of nitrogens with zero attached hydrogens (tertiary/aromatic N) is 5. The third kappa shape index (κ3) is 3.07. The molecule has 4 rings (SSSR count). The van der Waals surface area contributed by atoms with E-state index in [4.69, 9.17) is 11.6 Å². The van der Waals surface area contributed by atoms with Crippen molar-refractivity contribution in [3.8, 4) is 0 Å². The van der Waals surface area contributed by atoms with Gasteiger partial charge in [0.2, 0.25) is 0 Å². The predicted molar refractivity (Wildman–Crippen MR) is 91.0 cm³/mol. The molecule has 1 atom stereocenters. The van der Waals surface area contributed by atoms with E-state index in [1.807, 2.05) is 18.2 Å². The molecule has 6 heteroatoms. The zero-order chi connectivity index (χ0) is 15.6. The zero-order valence-corrected chi connectivity index (χ0v) is 14.0. The van der Waals surface area contributed by atoms with E-state index in [2.05, 4.69) is 24.6 Å². The summed E-state index contributed by atoms with van der Waals surface area (Å²) in [5, 5.41) is 9.57. The first-order chi connectivity index (χ1) is 11.3. The molecule has 4 heterocycles. The Bertz CT molecular complexity index is 683. The summed E-state index contributed by atoms with van der Waals surface area (Å²) < 4.78 is 2.38. The van der Waals surface area contributed by atoms with Gasteiger partial charge in [-0.3, -0.25) is 0 Å². The molecule has 2 aromatic heterocycles. The fraction of sp³-hybridized carbons (Fsp3) is 0.588. The average Bonchev–Trinajstić information content (AvgIpc) is 2.84. The van der Waals surface area contributed by atoms with Crippen molar-refractivity contribution in [3.63, 3.8) is 0 Å². The van der Waals surface area contributed by atoms with Crippen molar-refractivity contribution in [2.75, 3.05) is 18.0 Å². The molecule has 23 heavy (non-hydrogen) atoms. The van der Waals surface area contributed by atoms with Crippen molar-refractivity contribution in [2.24, 2.45) is 0 Å². The topological polar surface area (TPSA) is 46.8 Å². The molecule has 5 nitrogen and oxygen atoms in total. The summed E-state index contributed by atoms with van der Waals surface area (Å²) in [4.78, 5) is 6.80. The number of piperidine rings is 1. The Morgan fingerprint density at radius 3 is 2.91 bits per heavy atom. The highest BCUT2D eigenvalue weighted by molar-refractivity contribution is 6.29. The highest BCUT2D eigenvalue weighted by atomic mass is 35.5. The van der Waals surface area contributed by atoms with Crippen LogP contribution in [0.1, 0.15) is 49.7 Å². The van der Waals surface area contributed by atoms with Crippen LogP contribution in [0.5, 0.6) is 0 Å². The van der Waals surface area contributed by atoms with Gasteiger partial charge in [0, 0.05) is 32.0 Å². The zero-order valence-electron chi connectivity index (χ0n) is 13.3. The first-order valence-corrected chi connectivity index (χ1v) is 8.98. The van der Waals surface area contributed by atoms with Crippen LogP contribution in [-0.4, -0.2) is 32.8 Å². The van der Waals surface area contributed by atoms with Crippen LogP contribution in [0.2, 0.25) is 5.15 Å². The quantitative estimate of drug-likeness (QED) is 0.791. The van der Waals surface area contributed by atoms with E-state index in [-0.39, 0.29) is 0 Å². The van der Waals surface area contributed by atoms with Gasteiger partial charge in [0.1, 0.15) is 22.6 Å². The maximum absolute atomic E-state index is 6.05. The SMILES string of the molecule is Clc1cccc(N2CCCC(c3nnc4n3CCCCC4)C2)n1. The van der Waals surface area contributed by atoms with Crippen LogP contribution < -0.4 is 4.90 Å². The second-order valence-corrected chi connectivity index (χ2v) is 6.93. The Labute approximate surface area is 141 Å². The monoisotopic (exact) mass is 331 g/mol. The molecule has 0 aromatic carbocycles. The Hall–Kier alpha value is -1.62. The summed E-state index contributed by atoms with van der Waals surface area (Å²) in [6.45, 7) is 3.06. The van der Waals surface area contributed by atoms with Gasteiger partial charge in [-0.25, -0.2) is 4.98 Å². The number of fused-ring (bicyclic) bond motifs is 1. The standard InChI is InChI=1S/C17H22ClN5/c18-14-7-4-9-15(19-14)22-10-5-6-13(12-22)17-21-20-16-8-2-1-3-11-23(16)17/h4,7,9,13H,1-3,5-6,8,10-12H2. The number of hydrogen-bond donors (Lipinski definition) is 0. The molecular weight excluding hydrogens is 310 g/mol. The van der Waals surface area contributed by atoms with Crippen LogP contribution in [0.25, 0.3) is 0 Å². The molecule has 0 N–H and O–H groups in total. The Kier molecular flexibility index (Phi) is 4.21. The molecule has 0 saturated carbocycles. The average molecular weight is 332 g/mol. The van der Waals surface area contributed by atoms with Gasteiger partial charge in [-0.2, -0.15) is 0 Å². The Morgan fingerprint density at radius 1 is 1.04 bits per heavy atom. The van der Waals surface area contributed by atoms with Crippen molar-refractivity contribution in [1.82, 2.24) is 19.7 Å². The number of aromatic nitrogens is 4. The molecule has 2 aliphatic heterocycles. The highest BCUT2D eigenvalue weighted by Crippen LogP contribution is 2.30. The lowest BCUT2D eigenvalue weighted by molar-refractivity contribution is 0.464. The van der Waals surface area contributed by atoms with E-state index in [0.29, 0.717) is 11.1 Å². The van der Waals surface area contributed by atoms with Gasteiger partial charge >= 0.3 is 0 Å². The van der Waals surface area contributed by atoms with E-state index in [0.717, 1.165) is 38.3 Å². The molecule has 1 saturated heterocycles. The second-order valence-electron chi connectivity index (χ2n) is 6.54. The fourth-order valence-corrected chi connectivity index (χ4v) is 3.94. The number of halogens is 1. The van der Waals surface area contributed by atoms with E-state index >= 15 is 0 Å². The maximum atomic E-state index is 6.05. The lowest BCUT2D eigenvalue weighted by Gasteiger charge is -2.33. The van der Waals surface area contributed by atoms with Crippen molar-refractivity contribution in [1.29, 1.82) is 0 Å². The Morgan fingerprint density at radius 2 is 2.00 bits per heavy atom. The van der Waals surface area contributed by atoms with Gasteiger partial charge in [0.25, 0.3) is 0 Å². The molecule has 0 bridgehead atoms. The van der Waals surface area contributed by atoms with Gasteiger partial charge < -0.3 is 9.47 Å². The largest absolute Gasteiger partial charge is 0.356 e. The molecule has 0 spiro atoms. The molecular formula is C17H22ClN5. The van der Waals surface area contributed by atoms with E-state index < -0.39 is 0 Å². The second kappa shape index (κ2) is 6.48. The first kappa shape index (κ1) is 14.9. The molecule has 0 aliphatic carbocycles. The van der Waals surface area contributed by atoms with E-state index in [9.17, 15) is 0 Å². The fourth-order valence-electron chi connectivity index (χ4n) is 3.78. The number of anilines is 1. The summed E-state index contributed by atoms with van der Waals surface area (Å²) in [5.74, 6) is 3.76. The van der Waals surface area contributed by atoms with Crippen LogP contribution in [0.3, 0.4) is 0 Å². The Balaban J connectivity index is 1.57. The molecule has 0 amide bonds. The van der Waals surface area contributed by atoms with Gasteiger partial charge in [0.15, 0.2) is 0 Å². The summed E-state index contributed by atoms with van der Waals surface area (Å²) >= 11 is 6.05. The summed E-state index contributed by atoms with van der Waals surface area (Å²) in [7, 11) is 0. The minimum atomic E-state index is 0.434. The summed E-state index contributed by atoms with van der Waals surface area (Å²) in [6, 6.07) is 5.83. The third-order valence-electron chi connectivity index (χ3n) is 4.95. The van der Waals surface area contributed by atoms with Gasteiger partial charge in [-0.15, -0.1) is 10.2 Å². The molecule has 2 aliphatic rings. The van der Waals surface area contributed by atoms with Crippen LogP contribution in [0.4, 0.5) is 5.82 Å². The minimum absolute atomic E-state index is 0.434. The summed E-state index contributed by atoms with van der Waals surface area (Å²) in [6.07, 6.45) is 7.17. The molecule has 1 fully saturated rings. The minimum Gasteiger partial charge on any atom is -0.356 e.